The van der Waals surface area contributed by atoms with Crippen molar-refractivity contribution in [2.45, 2.75) is 46.3 Å². The van der Waals surface area contributed by atoms with Crippen LogP contribution in [0.3, 0.4) is 0 Å². The van der Waals surface area contributed by atoms with Gasteiger partial charge in [-0.2, -0.15) is 0 Å². The number of benzene rings is 1. The first-order chi connectivity index (χ1) is 9.33. The number of halogens is 1. The molecule has 0 aliphatic carbocycles. The summed E-state index contributed by atoms with van der Waals surface area (Å²) in [5.41, 5.74) is 0.957. The average Bonchev–Trinajstić information content (AvgIpc) is 2.34. The van der Waals surface area contributed by atoms with Crippen molar-refractivity contribution in [3.05, 3.63) is 28.8 Å². The third-order valence-corrected chi connectivity index (χ3v) is 3.16. The fraction of sp³-hybridized carbons (Fsp3) is 0.625. The quantitative estimate of drug-likeness (QED) is 0.765. The predicted molar refractivity (Wildman–Crippen MR) is 84.7 cm³/mol. The lowest BCUT2D eigenvalue weighted by atomic mass is 10.1. The first kappa shape index (κ1) is 17.3. The highest BCUT2D eigenvalue weighted by Crippen LogP contribution is 2.27. The molecule has 1 rings (SSSR count). The van der Waals surface area contributed by atoms with E-state index in [0.717, 1.165) is 22.9 Å². The van der Waals surface area contributed by atoms with Crippen LogP contribution in [0.25, 0.3) is 0 Å². The zero-order valence-electron chi connectivity index (χ0n) is 13.1. The zero-order valence-corrected chi connectivity index (χ0v) is 13.9. The molecule has 1 atom stereocenters. The molecule has 0 aromatic heterocycles. The summed E-state index contributed by atoms with van der Waals surface area (Å²) in [7, 11) is 0. The molecule has 0 aliphatic heterocycles. The Bertz CT molecular complexity index is 415. The smallest absolute Gasteiger partial charge is 0.120 e. The molecular formula is C16H26ClNO2. The minimum absolute atomic E-state index is 0.133. The van der Waals surface area contributed by atoms with Gasteiger partial charge in [-0.1, -0.05) is 24.6 Å². The number of hydrogen-bond acceptors (Lipinski definition) is 3. The van der Waals surface area contributed by atoms with Crippen LogP contribution in [0.15, 0.2) is 18.2 Å². The van der Waals surface area contributed by atoms with Crippen molar-refractivity contribution in [3.8, 4) is 5.75 Å². The molecule has 3 nitrogen and oxygen atoms in total. The van der Waals surface area contributed by atoms with Crippen LogP contribution in [0.1, 0.15) is 46.2 Å². The number of ether oxygens (including phenoxy) is 2. The minimum atomic E-state index is -0.133. The van der Waals surface area contributed by atoms with Gasteiger partial charge in [-0.25, -0.2) is 0 Å². The van der Waals surface area contributed by atoms with E-state index < -0.39 is 0 Å². The van der Waals surface area contributed by atoms with Gasteiger partial charge in [0, 0.05) is 11.1 Å². The highest BCUT2D eigenvalue weighted by molar-refractivity contribution is 6.31. The summed E-state index contributed by atoms with van der Waals surface area (Å²) in [6, 6.07) is 6.06. The second-order valence-corrected chi connectivity index (χ2v) is 6.18. The van der Waals surface area contributed by atoms with E-state index in [4.69, 9.17) is 21.1 Å². The van der Waals surface area contributed by atoms with Crippen molar-refractivity contribution in [1.29, 1.82) is 0 Å². The maximum Gasteiger partial charge on any atom is 0.120 e. The SMILES string of the molecule is CCNC(C)c1ccc(OCCOC(C)(C)C)cc1Cl. The van der Waals surface area contributed by atoms with Crippen molar-refractivity contribution in [2.24, 2.45) is 0 Å². The van der Waals surface area contributed by atoms with Gasteiger partial charge in [-0.3, -0.25) is 0 Å². The molecule has 0 radical (unpaired) electrons. The fourth-order valence-corrected chi connectivity index (χ4v) is 2.21. The summed E-state index contributed by atoms with van der Waals surface area (Å²) >= 11 is 6.29. The maximum absolute atomic E-state index is 6.29. The Morgan fingerprint density at radius 3 is 2.50 bits per heavy atom. The summed E-state index contributed by atoms with van der Waals surface area (Å²) in [6.07, 6.45) is 0. The molecule has 0 saturated heterocycles. The second kappa shape index (κ2) is 7.87. The molecular weight excluding hydrogens is 274 g/mol. The van der Waals surface area contributed by atoms with E-state index in [1.807, 2.05) is 39.0 Å². The van der Waals surface area contributed by atoms with E-state index >= 15 is 0 Å². The van der Waals surface area contributed by atoms with Gasteiger partial charge in [-0.15, -0.1) is 0 Å². The van der Waals surface area contributed by atoms with Gasteiger partial charge in [-0.05, 0) is 51.9 Å². The number of rotatable bonds is 7. The molecule has 0 spiro atoms. The molecule has 1 N–H and O–H groups in total. The molecule has 0 fully saturated rings. The molecule has 1 aromatic carbocycles. The van der Waals surface area contributed by atoms with Crippen LogP contribution in [-0.4, -0.2) is 25.4 Å². The Labute approximate surface area is 127 Å². The van der Waals surface area contributed by atoms with E-state index in [1.54, 1.807) is 0 Å². The van der Waals surface area contributed by atoms with Crippen LogP contribution in [0.5, 0.6) is 5.75 Å². The van der Waals surface area contributed by atoms with Crippen LogP contribution in [0.4, 0.5) is 0 Å². The molecule has 1 aromatic rings. The summed E-state index contributed by atoms with van der Waals surface area (Å²) in [5, 5.41) is 4.08. The van der Waals surface area contributed by atoms with Gasteiger partial charge in [0.2, 0.25) is 0 Å². The van der Waals surface area contributed by atoms with Crippen LogP contribution < -0.4 is 10.1 Å². The summed E-state index contributed by atoms with van der Waals surface area (Å²) in [6.45, 7) is 12.3. The zero-order chi connectivity index (χ0) is 15.2. The van der Waals surface area contributed by atoms with E-state index in [0.29, 0.717) is 13.2 Å². The lowest BCUT2D eigenvalue weighted by Gasteiger charge is -2.20. The third kappa shape index (κ3) is 6.12. The standard InChI is InChI=1S/C16H26ClNO2/c1-6-18-12(2)14-8-7-13(11-15(14)17)19-9-10-20-16(3,4)5/h7-8,11-12,18H,6,9-10H2,1-5H3. The second-order valence-electron chi connectivity index (χ2n) is 5.77. The molecule has 20 heavy (non-hydrogen) atoms. The van der Waals surface area contributed by atoms with Crippen molar-refractivity contribution < 1.29 is 9.47 Å². The molecule has 0 aliphatic rings. The highest BCUT2D eigenvalue weighted by Gasteiger charge is 2.11. The largest absolute Gasteiger partial charge is 0.491 e. The first-order valence-electron chi connectivity index (χ1n) is 7.13. The average molecular weight is 300 g/mol. The molecule has 1 unspecified atom stereocenters. The monoisotopic (exact) mass is 299 g/mol. The molecule has 4 heteroatoms. The van der Waals surface area contributed by atoms with Crippen LogP contribution in [-0.2, 0) is 4.74 Å². The predicted octanol–water partition coefficient (Wildman–Crippen LogP) is 4.20. The molecule has 0 heterocycles. The van der Waals surface area contributed by atoms with Crippen molar-refractivity contribution in [2.75, 3.05) is 19.8 Å². The summed E-state index contributed by atoms with van der Waals surface area (Å²) in [5.74, 6) is 0.778. The van der Waals surface area contributed by atoms with Crippen LogP contribution in [0, 0.1) is 0 Å². The van der Waals surface area contributed by atoms with E-state index in [2.05, 4.69) is 19.2 Å². The van der Waals surface area contributed by atoms with Gasteiger partial charge in [0.25, 0.3) is 0 Å². The number of nitrogens with one attached hydrogen (secondary N) is 1. The van der Waals surface area contributed by atoms with Gasteiger partial charge >= 0.3 is 0 Å². The maximum atomic E-state index is 6.29. The highest BCUT2D eigenvalue weighted by atomic mass is 35.5. The van der Waals surface area contributed by atoms with E-state index in [-0.39, 0.29) is 11.6 Å². The Morgan fingerprint density at radius 1 is 1.25 bits per heavy atom. The Balaban J connectivity index is 2.51. The van der Waals surface area contributed by atoms with Gasteiger partial charge < -0.3 is 14.8 Å². The molecule has 0 saturated carbocycles. The van der Waals surface area contributed by atoms with Crippen molar-refractivity contribution in [1.82, 2.24) is 5.32 Å². The Morgan fingerprint density at radius 2 is 1.95 bits per heavy atom. The van der Waals surface area contributed by atoms with Gasteiger partial charge in [0.15, 0.2) is 0 Å². The van der Waals surface area contributed by atoms with Gasteiger partial charge in [0.1, 0.15) is 12.4 Å². The Kier molecular flexibility index (Phi) is 6.80. The first-order valence-corrected chi connectivity index (χ1v) is 7.51. The molecule has 114 valence electrons. The van der Waals surface area contributed by atoms with E-state index in [1.165, 1.54) is 0 Å². The molecule has 0 amide bonds. The van der Waals surface area contributed by atoms with Crippen molar-refractivity contribution in [3.63, 3.8) is 0 Å². The third-order valence-electron chi connectivity index (χ3n) is 2.84. The lowest BCUT2D eigenvalue weighted by Crippen LogP contribution is -2.22. The number of hydrogen-bond donors (Lipinski definition) is 1. The van der Waals surface area contributed by atoms with Crippen LogP contribution in [0.2, 0.25) is 5.02 Å². The van der Waals surface area contributed by atoms with Crippen molar-refractivity contribution >= 4 is 11.6 Å². The van der Waals surface area contributed by atoms with Gasteiger partial charge in [0.05, 0.1) is 12.2 Å². The van der Waals surface area contributed by atoms with E-state index in [9.17, 15) is 0 Å². The Hall–Kier alpha value is -0.770. The summed E-state index contributed by atoms with van der Waals surface area (Å²) in [4.78, 5) is 0. The minimum Gasteiger partial charge on any atom is -0.491 e. The summed E-state index contributed by atoms with van der Waals surface area (Å²) < 4.78 is 11.3. The normalized spacial score (nSPS) is 13.3. The lowest BCUT2D eigenvalue weighted by molar-refractivity contribution is -0.0163. The molecule has 0 bridgehead atoms. The topological polar surface area (TPSA) is 30.5 Å². The fourth-order valence-electron chi connectivity index (χ4n) is 1.87. The van der Waals surface area contributed by atoms with Crippen LogP contribution >= 0.6 is 11.6 Å².